The summed E-state index contributed by atoms with van der Waals surface area (Å²) in [5.41, 5.74) is 0.247. The van der Waals surface area contributed by atoms with Gasteiger partial charge < -0.3 is 5.11 Å². The molecule has 0 aromatic heterocycles. The van der Waals surface area contributed by atoms with Gasteiger partial charge in [0.25, 0.3) is 0 Å². The molecule has 1 unspecified atom stereocenters. The minimum atomic E-state index is -1.04. The third kappa shape index (κ3) is 2.28. The number of halogens is 1. The maximum Gasteiger partial charge on any atom is 0.123 e. The van der Waals surface area contributed by atoms with E-state index in [1.807, 2.05) is 0 Å². The van der Waals surface area contributed by atoms with E-state index in [4.69, 9.17) is 0 Å². The molecular formula is C11H15FO. The average molecular weight is 182 g/mol. The molecule has 1 N–H and O–H groups in total. The van der Waals surface area contributed by atoms with E-state index in [0.29, 0.717) is 11.1 Å². The van der Waals surface area contributed by atoms with Crippen molar-refractivity contribution in [2.45, 2.75) is 32.5 Å². The minimum absolute atomic E-state index is 0.565. The molecule has 0 heterocycles. The molecule has 72 valence electrons. The van der Waals surface area contributed by atoms with Crippen LogP contribution in [0.2, 0.25) is 0 Å². The highest BCUT2D eigenvalue weighted by Gasteiger charge is 2.21. The zero-order chi connectivity index (χ0) is 10.1. The lowest BCUT2D eigenvalue weighted by Crippen LogP contribution is -2.18. The maximum absolute atomic E-state index is 13.1. The molecule has 0 aliphatic rings. The lowest BCUT2D eigenvalue weighted by Gasteiger charge is -2.22. The van der Waals surface area contributed by atoms with Gasteiger partial charge in [-0.1, -0.05) is 24.3 Å². The third-order valence-electron chi connectivity index (χ3n) is 2.05. The number of hydrogen-bond donors (Lipinski definition) is 1. The van der Waals surface area contributed by atoms with Crippen LogP contribution in [0.1, 0.15) is 38.1 Å². The molecule has 0 saturated heterocycles. The van der Waals surface area contributed by atoms with Gasteiger partial charge in [0.15, 0.2) is 0 Å². The van der Waals surface area contributed by atoms with Crippen molar-refractivity contribution in [1.82, 2.24) is 0 Å². The molecule has 0 bridgehead atoms. The van der Waals surface area contributed by atoms with E-state index in [-0.39, 0.29) is 0 Å². The summed E-state index contributed by atoms with van der Waals surface area (Å²) in [7, 11) is 0. The fourth-order valence-corrected chi connectivity index (χ4v) is 1.40. The minimum Gasteiger partial charge on any atom is -0.386 e. The Morgan fingerprint density at radius 3 is 2.23 bits per heavy atom. The van der Waals surface area contributed by atoms with Crippen LogP contribution < -0.4 is 0 Å². The fraction of sp³-hybridized carbons (Fsp3) is 0.455. The Kier molecular flexibility index (Phi) is 2.71. The van der Waals surface area contributed by atoms with E-state index >= 15 is 0 Å². The first-order valence-corrected chi connectivity index (χ1v) is 4.39. The lowest BCUT2D eigenvalue weighted by atomic mass is 9.91. The molecule has 0 amide bonds. The van der Waals surface area contributed by atoms with E-state index in [1.165, 1.54) is 6.92 Å². The molecule has 0 fully saturated rings. The molecule has 0 aliphatic carbocycles. The summed E-state index contributed by atoms with van der Waals surface area (Å²) < 4.78 is 13.1. The van der Waals surface area contributed by atoms with Crippen molar-refractivity contribution in [2.24, 2.45) is 0 Å². The first-order valence-electron chi connectivity index (χ1n) is 4.39. The van der Waals surface area contributed by atoms with Crippen LogP contribution in [0.4, 0.5) is 4.39 Å². The van der Waals surface area contributed by atoms with Crippen LogP contribution in [-0.4, -0.2) is 5.11 Å². The zero-order valence-corrected chi connectivity index (χ0v) is 8.21. The van der Waals surface area contributed by atoms with E-state index in [9.17, 15) is 9.50 Å². The molecular weight excluding hydrogens is 167 g/mol. The summed E-state index contributed by atoms with van der Waals surface area (Å²) in [5, 5.41) is 9.75. The van der Waals surface area contributed by atoms with Gasteiger partial charge >= 0.3 is 0 Å². The van der Waals surface area contributed by atoms with Gasteiger partial charge in [-0.05, 0) is 31.9 Å². The number of benzene rings is 1. The van der Waals surface area contributed by atoms with Crippen LogP contribution in [-0.2, 0) is 5.60 Å². The Balaban J connectivity index is 3.20. The van der Waals surface area contributed by atoms with E-state index in [0.717, 1.165) is 0 Å². The Labute approximate surface area is 78.2 Å². The third-order valence-corrected chi connectivity index (χ3v) is 2.05. The molecule has 1 aromatic rings. The SMILES string of the molecule is CC(F)c1ccccc1C(C)(C)O. The topological polar surface area (TPSA) is 20.2 Å². The van der Waals surface area contributed by atoms with Crippen molar-refractivity contribution in [3.05, 3.63) is 35.4 Å². The largest absolute Gasteiger partial charge is 0.386 e. The lowest BCUT2D eigenvalue weighted by molar-refractivity contribution is 0.0761. The molecule has 1 nitrogen and oxygen atoms in total. The van der Waals surface area contributed by atoms with E-state index in [1.54, 1.807) is 38.1 Å². The van der Waals surface area contributed by atoms with Gasteiger partial charge in [0, 0.05) is 0 Å². The molecule has 13 heavy (non-hydrogen) atoms. The summed E-state index contributed by atoms with van der Waals surface area (Å²) in [6, 6.07) is 7.04. The summed E-state index contributed by atoms with van der Waals surface area (Å²) in [6.07, 6.45) is -1.04. The van der Waals surface area contributed by atoms with Crippen molar-refractivity contribution in [3.63, 3.8) is 0 Å². The van der Waals surface area contributed by atoms with Crippen LogP contribution in [0, 0.1) is 0 Å². The van der Waals surface area contributed by atoms with Crippen molar-refractivity contribution in [3.8, 4) is 0 Å². The Bertz CT molecular complexity index is 286. The van der Waals surface area contributed by atoms with Crippen molar-refractivity contribution in [2.75, 3.05) is 0 Å². The molecule has 0 saturated carbocycles. The maximum atomic E-state index is 13.1. The summed E-state index contributed by atoms with van der Waals surface area (Å²) >= 11 is 0. The molecule has 2 heteroatoms. The highest BCUT2D eigenvalue weighted by molar-refractivity contribution is 5.32. The smallest absolute Gasteiger partial charge is 0.123 e. The van der Waals surface area contributed by atoms with Crippen molar-refractivity contribution < 1.29 is 9.50 Å². The predicted molar refractivity (Wildman–Crippen MR) is 51.2 cm³/mol. The molecule has 1 rings (SSSR count). The zero-order valence-electron chi connectivity index (χ0n) is 8.21. The van der Waals surface area contributed by atoms with E-state index in [2.05, 4.69) is 0 Å². The molecule has 0 radical (unpaired) electrons. The highest BCUT2D eigenvalue weighted by atomic mass is 19.1. The quantitative estimate of drug-likeness (QED) is 0.745. The van der Waals surface area contributed by atoms with Crippen LogP contribution in [0.15, 0.2) is 24.3 Å². The van der Waals surface area contributed by atoms with Crippen molar-refractivity contribution >= 4 is 0 Å². The Morgan fingerprint density at radius 2 is 1.85 bits per heavy atom. The monoisotopic (exact) mass is 182 g/mol. The standard InChI is InChI=1S/C11H15FO/c1-8(12)9-6-4-5-7-10(9)11(2,3)13/h4-8,13H,1-3H3. The van der Waals surface area contributed by atoms with E-state index < -0.39 is 11.8 Å². The summed E-state index contributed by atoms with van der Waals surface area (Å²) in [5.74, 6) is 0. The number of hydrogen-bond acceptors (Lipinski definition) is 1. The van der Waals surface area contributed by atoms with Gasteiger partial charge in [0.2, 0.25) is 0 Å². The molecule has 0 spiro atoms. The van der Waals surface area contributed by atoms with Gasteiger partial charge in [-0.25, -0.2) is 4.39 Å². The number of rotatable bonds is 2. The van der Waals surface area contributed by atoms with Crippen LogP contribution >= 0.6 is 0 Å². The normalized spacial score (nSPS) is 14.2. The fourth-order valence-electron chi connectivity index (χ4n) is 1.40. The predicted octanol–water partition coefficient (Wildman–Crippen LogP) is 2.94. The summed E-state index contributed by atoms with van der Waals surface area (Å²) in [6.45, 7) is 4.80. The van der Waals surface area contributed by atoms with Crippen LogP contribution in [0.5, 0.6) is 0 Å². The molecule has 0 aliphatic heterocycles. The molecule has 1 aromatic carbocycles. The highest BCUT2D eigenvalue weighted by Crippen LogP contribution is 2.29. The van der Waals surface area contributed by atoms with Gasteiger partial charge in [0.1, 0.15) is 6.17 Å². The first-order chi connectivity index (χ1) is 5.93. The van der Waals surface area contributed by atoms with Gasteiger partial charge in [-0.2, -0.15) is 0 Å². The Morgan fingerprint density at radius 1 is 1.31 bits per heavy atom. The van der Waals surface area contributed by atoms with Gasteiger partial charge in [-0.3, -0.25) is 0 Å². The first kappa shape index (κ1) is 10.2. The van der Waals surface area contributed by atoms with Crippen LogP contribution in [0.25, 0.3) is 0 Å². The van der Waals surface area contributed by atoms with Gasteiger partial charge in [0.05, 0.1) is 5.60 Å². The van der Waals surface area contributed by atoms with Crippen LogP contribution in [0.3, 0.4) is 0 Å². The molecule has 1 atom stereocenters. The van der Waals surface area contributed by atoms with Gasteiger partial charge in [-0.15, -0.1) is 0 Å². The number of alkyl halides is 1. The summed E-state index contributed by atoms with van der Waals surface area (Å²) in [4.78, 5) is 0. The average Bonchev–Trinajstić information content (AvgIpc) is 2.03. The Hall–Kier alpha value is -0.890. The second-order valence-corrected chi connectivity index (χ2v) is 3.76. The second kappa shape index (κ2) is 3.46. The van der Waals surface area contributed by atoms with Crippen molar-refractivity contribution in [1.29, 1.82) is 0 Å². The second-order valence-electron chi connectivity index (χ2n) is 3.76. The number of aliphatic hydroxyl groups is 1.